The van der Waals surface area contributed by atoms with E-state index in [1.165, 1.54) is 4.68 Å². The predicted octanol–water partition coefficient (Wildman–Crippen LogP) is 1.06. The van der Waals surface area contributed by atoms with Crippen molar-refractivity contribution >= 4 is 5.97 Å². The van der Waals surface area contributed by atoms with E-state index in [-0.39, 0.29) is 6.54 Å². The van der Waals surface area contributed by atoms with Gasteiger partial charge in [-0.15, -0.1) is 5.10 Å². The maximum Gasteiger partial charge on any atom is 0.311 e. The van der Waals surface area contributed by atoms with Gasteiger partial charge in [-0.05, 0) is 37.6 Å². The quantitative estimate of drug-likeness (QED) is 0.818. The molecule has 1 heterocycles. The van der Waals surface area contributed by atoms with Gasteiger partial charge in [0.2, 0.25) is 0 Å². The summed E-state index contributed by atoms with van der Waals surface area (Å²) in [6.07, 6.45) is 0.495. The number of tetrazole rings is 1. The molecule has 0 bridgehead atoms. The fraction of sp³-hybridized carbons (Fsp3) is 0.818. The van der Waals surface area contributed by atoms with Crippen molar-refractivity contribution in [2.24, 2.45) is 5.41 Å². The minimum absolute atomic E-state index is 0.216. The monoisotopic (exact) mass is 256 g/mol. The third-order valence-electron chi connectivity index (χ3n) is 3.38. The largest absolute Gasteiger partial charge is 0.481 e. The standard InChI is InChI=1S/C11H20N4O3/c1-6-11(4,9(16)17)7-15-8(12-13-14-15)10(2,3)18-5/h6-7H2,1-5H3,(H,16,17). The van der Waals surface area contributed by atoms with Crippen molar-refractivity contribution in [3.63, 3.8) is 0 Å². The van der Waals surface area contributed by atoms with Gasteiger partial charge in [0, 0.05) is 7.11 Å². The van der Waals surface area contributed by atoms with Crippen LogP contribution in [0, 0.1) is 5.41 Å². The average Bonchev–Trinajstić information content (AvgIpc) is 2.77. The van der Waals surface area contributed by atoms with E-state index in [4.69, 9.17) is 4.74 Å². The molecule has 7 nitrogen and oxygen atoms in total. The van der Waals surface area contributed by atoms with Crippen molar-refractivity contribution in [1.82, 2.24) is 20.2 Å². The molecule has 1 unspecified atom stereocenters. The van der Waals surface area contributed by atoms with E-state index in [2.05, 4.69) is 15.5 Å². The number of methoxy groups -OCH3 is 1. The zero-order chi connectivity index (χ0) is 14.0. The van der Waals surface area contributed by atoms with Crippen LogP contribution in [-0.2, 0) is 21.7 Å². The molecule has 1 aromatic heterocycles. The average molecular weight is 256 g/mol. The predicted molar refractivity (Wildman–Crippen MR) is 63.9 cm³/mol. The molecule has 0 fully saturated rings. The summed E-state index contributed by atoms with van der Waals surface area (Å²) < 4.78 is 6.82. The van der Waals surface area contributed by atoms with Crippen molar-refractivity contribution in [2.75, 3.05) is 7.11 Å². The number of hydrogen-bond donors (Lipinski definition) is 1. The summed E-state index contributed by atoms with van der Waals surface area (Å²) >= 11 is 0. The molecule has 0 aromatic carbocycles. The summed E-state index contributed by atoms with van der Waals surface area (Å²) in [5, 5.41) is 20.7. The van der Waals surface area contributed by atoms with Crippen LogP contribution in [0.4, 0.5) is 0 Å². The van der Waals surface area contributed by atoms with Crippen LogP contribution in [0.5, 0.6) is 0 Å². The van der Waals surface area contributed by atoms with Gasteiger partial charge in [-0.3, -0.25) is 4.79 Å². The number of rotatable bonds is 6. The molecular formula is C11H20N4O3. The molecule has 1 aromatic rings. The Hall–Kier alpha value is -1.50. The van der Waals surface area contributed by atoms with Crippen molar-refractivity contribution in [3.05, 3.63) is 5.82 Å². The number of aliphatic carboxylic acids is 1. The molecular weight excluding hydrogens is 236 g/mol. The highest BCUT2D eigenvalue weighted by atomic mass is 16.5. The Morgan fingerprint density at radius 1 is 1.44 bits per heavy atom. The molecule has 0 radical (unpaired) electrons. The van der Waals surface area contributed by atoms with Crippen molar-refractivity contribution < 1.29 is 14.6 Å². The smallest absolute Gasteiger partial charge is 0.311 e. The number of nitrogens with zero attached hydrogens (tertiary/aromatic N) is 4. The lowest BCUT2D eigenvalue weighted by Crippen LogP contribution is -2.35. The molecule has 0 spiro atoms. The van der Waals surface area contributed by atoms with Gasteiger partial charge in [0.15, 0.2) is 5.82 Å². The third-order valence-corrected chi connectivity index (χ3v) is 3.38. The Morgan fingerprint density at radius 2 is 2.06 bits per heavy atom. The normalized spacial score (nSPS) is 15.4. The minimum Gasteiger partial charge on any atom is -0.481 e. The lowest BCUT2D eigenvalue weighted by atomic mass is 9.87. The molecule has 0 aliphatic rings. The number of carboxylic acids is 1. The summed E-state index contributed by atoms with van der Waals surface area (Å²) in [5.74, 6) is -0.340. The Bertz CT molecular complexity index is 430. The van der Waals surface area contributed by atoms with Crippen LogP contribution in [0.1, 0.15) is 39.9 Å². The molecule has 0 aliphatic carbocycles. The number of aromatic nitrogens is 4. The van der Waals surface area contributed by atoms with Crippen LogP contribution >= 0.6 is 0 Å². The van der Waals surface area contributed by atoms with Crippen LogP contribution < -0.4 is 0 Å². The van der Waals surface area contributed by atoms with Gasteiger partial charge in [-0.2, -0.15) is 0 Å². The summed E-state index contributed by atoms with van der Waals surface area (Å²) in [6.45, 7) is 7.40. The van der Waals surface area contributed by atoms with E-state index in [0.717, 1.165) is 0 Å². The lowest BCUT2D eigenvalue weighted by Gasteiger charge is -2.26. The van der Waals surface area contributed by atoms with Gasteiger partial charge in [0.05, 0.1) is 12.0 Å². The SMILES string of the molecule is CCC(C)(Cn1nnnc1C(C)(C)OC)C(=O)O. The first-order valence-electron chi connectivity index (χ1n) is 5.82. The second-order valence-electron chi connectivity index (χ2n) is 5.09. The van der Waals surface area contributed by atoms with Crippen LogP contribution in [-0.4, -0.2) is 38.4 Å². The Morgan fingerprint density at radius 3 is 2.50 bits per heavy atom. The highest BCUT2D eigenvalue weighted by molar-refractivity contribution is 5.73. The molecule has 18 heavy (non-hydrogen) atoms. The highest BCUT2D eigenvalue weighted by Crippen LogP contribution is 2.27. The van der Waals surface area contributed by atoms with Gasteiger partial charge in [0.25, 0.3) is 0 Å². The molecule has 1 N–H and O–H groups in total. The molecule has 0 saturated heterocycles. The Balaban J connectivity index is 3.06. The molecule has 1 atom stereocenters. The van der Waals surface area contributed by atoms with E-state index in [1.807, 2.05) is 20.8 Å². The number of ether oxygens (including phenoxy) is 1. The van der Waals surface area contributed by atoms with Gasteiger partial charge in [-0.25, -0.2) is 4.68 Å². The summed E-state index contributed by atoms with van der Waals surface area (Å²) in [7, 11) is 1.56. The molecule has 0 saturated carbocycles. The van der Waals surface area contributed by atoms with Crippen molar-refractivity contribution in [2.45, 2.75) is 46.3 Å². The topological polar surface area (TPSA) is 90.1 Å². The number of hydrogen-bond acceptors (Lipinski definition) is 5. The van der Waals surface area contributed by atoms with Gasteiger partial charge in [0.1, 0.15) is 5.60 Å². The molecule has 102 valence electrons. The van der Waals surface area contributed by atoms with E-state index < -0.39 is 17.0 Å². The minimum atomic E-state index is -0.895. The highest BCUT2D eigenvalue weighted by Gasteiger charge is 2.35. The van der Waals surface area contributed by atoms with Gasteiger partial charge >= 0.3 is 5.97 Å². The molecule has 0 amide bonds. The van der Waals surface area contributed by atoms with Crippen LogP contribution in [0.15, 0.2) is 0 Å². The van der Waals surface area contributed by atoms with E-state index >= 15 is 0 Å². The van der Waals surface area contributed by atoms with Crippen LogP contribution in [0.25, 0.3) is 0 Å². The Labute approximate surface area is 106 Å². The van der Waals surface area contributed by atoms with E-state index in [1.54, 1.807) is 14.0 Å². The zero-order valence-electron chi connectivity index (χ0n) is 11.5. The maximum absolute atomic E-state index is 11.3. The van der Waals surface area contributed by atoms with Crippen molar-refractivity contribution in [1.29, 1.82) is 0 Å². The fourth-order valence-electron chi connectivity index (χ4n) is 1.49. The van der Waals surface area contributed by atoms with Gasteiger partial charge < -0.3 is 9.84 Å². The summed E-state index contributed by atoms with van der Waals surface area (Å²) in [4.78, 5) is 11.3. The summed E-state index contributed by atoms with van der Waals surface area (Å²) in [5.41, 5.74) is -1.55. The fourth-order valence-corrected chi connectivity index (χ4v) is 1.49. The zero-order valence-corrected chi connectivity index (χ0v) is 11.5. The second-order valence-corrected chi connectivity index (χ2v) is 5.09. The van der Waals surface area contributed by atoms with E-state index in [0.29, 0.717) is 12.2 Å². The first-order valence-corrected chi connectivity index (χ1v) is 5.82. The maximum atomic E-state index is 11.3. The van der Waals surface area contributed by atoms with Gasteiger partial charge in [-0.1, -0.05) is 6.92 Å². The van der Waals surface area contributed by atoms with Crippen LogP contribution in [0.2, 0.25) is 0 Å². The number of carbonyl (C=O) groups is 1. The lowest BCUT2D eigenvalue weighted by molar-refractivity contribution is -0.149. The number of carboxylic acid groups (broad SMARTS) is 1. The van der Waals surface area contributed by atoms with E-state index in [9.17, 15) is 9.90 Å². The Kier molecular flexibility index (Phi) is 4.05. The van der Waals surface area contributed by atoms with Crippen LogP contribution in [0.3, 0.4) is 0 Å². The molecule has 1 rings (SSSR count). The molecule has 7 heteroatoms. The van der Waals surface area contributed by atoms with Crippen molar-refractivity contribution in [3.8, 4) is 0 Å². The molecule has 0 aliphatic heterocycles. The summed E-state index contributed by atoms with van der Waals surface area (Å²) in [6, 6.07) is 0. The third kappa shape index (κ3) is 2.66. The second kappa shape index (κ2) is 5.01. The first kappa shape index (κ1) is 14.6. The first-order chi connectivity index (χ1) is 8.27.